The van der Waals surface area contributed by atoms with Crippen molar-refractivity contribution < 1.29 is 8.42 Å². The van der Waals surface area contributed by atoms with Crippen molar-refractivity contribution in [3.05, 3.63) is 47.0 Å². The highest BCUT2D eigenvalue weighted by molar-refractivity contribution is 7.89. The molecule has 2 aromatic rings. The van der Waals surface area contributed by atoms with E-state index in [4.69, 9.17) is 11.6 Å². The lowest BCUT2D eigenvalue weighted by Crippen LogP contribution is -2.26. The molecule has 0 fully saturated rings. The smallest absolute Gasteiger partial charge is 0.240 e. The van der Waals surface area contributed by atoms with Gasteiger partial charge in [0.2, 0.25) is 10.0 Å². The Hall–Kier alpha value is -1.41. The third-order valence-corrected chi connectivity index (χ3v) is 4.72. The Morgan fingerprint density at radius 2 is 2.19 bits per heavy atom. The Morgan fingerprint density at radius 1 is 1.38 bits per heavy atom. The molecule has 6 nitrogen and oxygen atoms in total. The van der Waals surface area contributed by atoms with Gasteiger partial charge >= 0.3 is 0 Å². The van der Waals surface area contributed by atoms with Crippen molar-refractivity contribution in [2.24, 2.45) is 0 Å². The highest BCUT2D eigenvalue weighted by atomic mass is 35.5. The van der Waals surface area contributed by atoms with Crippen LogP contribution < -0.4 is 10.0 Å². The number of hydrogen-bond acceptors (Lipinski definition) is 4. The number of nitrogens with zero attached hydrogens (tertiary/aromatic N) is 1. The average molecular weight is 329 g/mol. The van der Waals surface area contributed by atoms with Crippen LogP contribution in [0.2, 0.25) is 5.02 Å². The van der Waals surface area contributed by atoms with Crippen molar-refractivity contribution >= 4 is 21.6 Å². The summed E-state index contributed by atoms with van der Waals surface area (Å²) in [5.41, 5.74) is 0.855. The summed E-state index contributed by atoms with van der Waals surface area (Å²) in [4.78, 5) is 7.12. The van der Waals surface area contributed by atoms with Crippen molar-refractivity contribution in [2.45, 2.75) is 17.9 Å². The molecule has 0 saturated heterocycles. The number of halogens is 1. The van der Waals surface area contributed by atoms with Crippen LogP contribution >= 0.6 is 11.6 Å². The Bertz CT molecular complexity index is 686. The number of nitrogens with one attached hydrogen (secondary N) is 3. The van der Waals surface area contributed by atoms with Crippen LogP contribution in [-0.4, -0.2) is 32.0 Å². The minimum absolute atomic E-state index is 0.159. The van der Waals surface area contributed by atoms with Gasteiger partial charge in [-0.2, -0.15) is 0 Å². The van der Waals surface area contributed by atoms with Crippen LogP contribution in [0.4, 0.5) is 0 Å². The molecule has 0 aliphatic heterocycles. The fraction of sp³-hybridized carbons (Fsp3) is 0.308. The van der Waals surface area contributed by atoms with Crippen LogP contribution in [0.25, 0.3) is 0 Å². The maximum Gasteiger partial charge on any atom is 0.240 e. The molecule has 0 unspecified atom stereocenters. The summed E-state index contributed by atoms with van der Waals surface area (Å²) >= 11 is 6.08. The average Bonchev–Trinajstić information content (AvgIpc) is 2.94. The van der Waals surface area contributed by atoms with Crippen molar-refractivity contribution in [3.63, 3.8) is 0 Å². The molecule has 114 valence electrons. The molecule has 2 rings (SSSR count). The molecular formula is C13H17ClN4O2S. The van der Waals surface area contributed by atoms with Gasteiger partial charge in [0.15, 0.2) is 0 Å². The number of imidazole rings is 1. The Morgan fingerprint density at radius 3 is 2.81 bits per heavy atom. The van der Waals surface area contributed by atoms with Crippen LogP contribution in [0, 0.1) is 0 Å². The van der Waals surface area contributed by atoms with E-state index in [1.165, 1.54) is 6.07 Å². The van der Waals surface area contributed by atoms with E-state index in [-0.39, 0.29) is 11.4 Å². The number of rotatable bonds is 7. The highest BCUT2D eigenvalue weighted by Crippen LogP contribution is 2.20. The fourth-order valence-corrected chi connectivity index (χ4v) is 3.22. The van der Waals surface area contributed by atoms with Gasteiger partial charge in [0, 0.05) is 36.9 Å². The second kappa shape index (κ2) is 7.04. The third kappa shape index (κ3) is 4.28. The molecule has 3 N–H and O–H groups in total. The number of H-pyrrole nitrogens is 1. The van der Waals surface area contributed by atoms with Crippen LogP contribution in [0.15, 0.2) is 35.5 Å². The SMILES string of the molecule is CNCc1ccc(S(=O)(=O)NCCc2ncc[nH]2)cc1Cl. The van der Waals surface area contributed by atoms with Crippen LogP contribution in [0.3, 0.4) is 0 Å². The van der Waals surface area contributed by atoms with E-state index in [2.05, 4.69) is 20.0 Å². The van der Waals surface area contributed by atoms with E-state index >= 15 is 0 Å². The van der Waals surface area contributed by atoms with Crippen molar-refractivity contribution in [1.82, 2.24) is 20.0 Å². The molecule has 0 amide bonds. The molecule has 21 heavy (non-hydrogen) atoms. The van der Waals surface area contributed by atoms with E-state index in [1.807, 2.05) is 0 Å². The lowest BCUT2D eigenvalue weighted by Gasteiger charge is -2.09. The highest BCUT2D eigenvalue weighted by Gasteiger charge is 2.15. The first-order valence-electron chi connectivity index (χ1n) is 6.44. The van der Waals surface area contributed by atoms with Gasteiger partial charge in [-0.1, -0.05) is 17.7 Å². The zero-order valence-electron chi connectivity index (χ0n) is 11.6. The van der Waals surface area contributed by atoms with E-state index in [0.29, 0.717) is 18.0 Å². The molecule has 0 radical (unpaired) electrons. The van der Waals surface area contributed by atoms with Crippen molar-refractivity contribution in [3.8, 4) is 0 Å². The summed E-state index contributed by atoms with van der Waals surface area (Å²) in [6.07, 6.45) is 3.83. The van der Waals surface area contributed by atoms with Gasteiger partial charge in [-0.15, -0.1) is 0 Å². The molecular weight excluding hydrogens is 312 g/mol. The molecule has 0 atom stereocenters. The number of aromatic nitrogens is 2. The first-order valence-corrected chi connectivity index (χ1v) is 8.30. The lowest BCUT2D eigenvalue weighted by molar-refractivity contribution is 0.581. The van der Waals surface area contributed by atoms with Crippen LogP contribution in [0.1, 0.15) is 11.4 Å². The maximum absolute atomic E-state index is 12.2. The van der Waals surface area contributed by atoms with Crippen molar-refractivity contribution in [2.75, 3.05) is 13.6 Å². The number of aromatic amines is 1. The molecule has 0 aliphatic carbocycles. The molecule has 0 aliphatic rings. The minimum atomic E-state index is -3.56. The van der Waals surface area contributed by atoms with Crippen LogP contribution in [0.5, 0.6) is 0 Å². The van der Waals surface area contributed by atoms with Gasteiger partial charge in [0.25, 0.3) is 0 Å². The van der Waals surface area contributed by atoms with E-state index < -0.39 is 10.0 Å². The number of hydrogen-bond donors (Lipinski definition) is 3. The molecule has 0 bridgehead atoms. The Labute approximate surface area is 129 Å². The second-order valence-corrected chi connectivity index (χ2v) is 6.64. The van der Waals surface area contributed by atoms with E-state index in [9.17, 15) is 8.42 Å². The maximum atomic E-state index is 12.2. The zero-order valence-corrected chi connectivity index (χ0v) is 13.1. The predicted octanol–water partition coefficient (Wildman–Crippen LogP) is 1.30. The second-order valence-electron chi connectivity index (χ2n) is 4.47. The van der Waals surface area contributed by atoms with Gasteiger partial charge in [-0.3, -0.25) is 0 Å². The summed E-state index contributed by atoms with van der Waals surface area (Å²) in [5.74, 6) is 0.736. The van der Waals surface area contributed by atoms with Gasteiger partial charge in [-0.05, 0) is 24.7 Å². The zero-order chi connectivity index (χ0) is 15.3. The molecule has 8 heteroatoms. The van der Waals surface area contributed by atoms with Gasteiger partial charge in [-0.25, -0.2) is 18.1 Å². The predicted molar refractivity (Wildman–Crippen MR) is 81.7 cm³/mol. The summed E-state index contributed by atoms with van der Waals surface area (Å²) in [6, 6.07) is 4.72. The van der Waals surface area contributed by atoms with Crippen molar-refractivity contribution in [1.29, 1.82) is 0 Å². The van der Waals surface area contributed by atoms with Gasteiger partial charge < -0.3 is 10.3 Å². The van der Waals surface area contributed by atoms with Gasteiger partial charge in [0.1, 0.15) is 5.82 Å². The summed E-state index contributed by atoms with van der Waals surface area (Å²) in [7, 11) is -1.76. The van der Waals surface area contributed by atoms with Crippen LogP contribution in [-0.2, 0) is 23.0 Å². The third-order valence-electron chi connectivity index (χ3n) is 2.91. The molecule has 1 aromatic heterocycles. The minimum Gasteiger partial charge on any atom is -0.349 e. The number of benzene rings is 1. The Balaban J connectivity index is 2.03. The largest absolute Gasteiger partial charge is 0.349 e. The molecule has 0 spiro atoms. The lowest BCUT2D eigenvalue weighted by atomic mass is 10.2. The standard InChI is InChI=1S/C13H17ClN4O2S/c1-15-9-10-2-3-11(8-12(10)14)21(19,20)18-5-4-13-16-6-7-17-13/h2-3,6-8,15,18H,4-5,9H2,1H3,(H,16,17). The number of sulfonamides is 1. The van der Waals surface area contributed by atoms with E-state index in [0.717, 1.165) is 11.4 Å². The summed E-state index contributed by atoms with van der Waals surface area (Å²) in [6.45, 7) is 0.858. The first kappa shape index (κ1) is 16.0. The van der Waals surface area contributed by atoms with E-state index in [1.54, 1.807) is 31.6 Å². The quantitative estimate of drug-likeness (QED) is 0.715. The molecule has 0 saturated carbocycles. The molecule has 1 aromatic carbocycles. The Kier molecular flexibility index (Phi) is 5.35. The first-order chi connectivity index (χ1) is 10.0. The fourth-order valence-electron chi connectivity index (χ4n) is 1.85. The normalized spacial score (nSPS) is 11.7. The monoisotopic (exact) mass is 328 g/mol. The topological polar surface area (TPSA) is 86.9 Å². The summed E-state index contributed by atoms with van der Waals surface area (Å²) < 4.78 is 26.9. The molecule has 1 heterocycles. The van der Waals surface area contributed by atoms with Gasteiger partial charge in [0.05, 0.1) is 4.90 Å². The summed E-state index contributed by atoms with van der Waals surface area (Å²) in [5, 5.41) is 3.40.